The maximum absolute atomic E-state index is 12.2. The molecular formula is C17H16ClN3O2S. The smallest absolute Gasteiger partial charge is 0.314 e. The van der Waals surface area contributed by atoms with Gasteiger partial charge in [-0.25, -0.2) is 4.79 Å². The number of aryl methyl sites for hydroxylation is 1. The summed E-state index contributed by atoms with van der Waals surface area (Å²) in [6, 6.07) is 10.5. The molecule has 0 aliphatic carbocycles. The average Bonchev–Trinajstić information content (AvgIpc) is 2.55. The van der Waals surface area contributed by atoms with Crippen LogP contribution in [0.1, 0.15) is 5.56 Å². The second kappa shape index (κ2) is 6.75. The monoisotopic (exact) mass is 361 g/mol. The largest absolute Gasteiger partial charge is 0.323 e. The zero-order chi connectivity index (χ0) is 17.3. The average molecular weight is 362 g/mol. The molecule has 5 nitrogen and oxygen atoms in total. The Kier molecular flexibility index (Phi) is 4.69. The lowest BCUT2D eigenvalue weighted by Gasteiger charge is -2.25. The van der Waals surface area contributed by atoms with Gasteiger partial charge in [0.1, 0.15) is 0 Å². The van der Waals surface area contributed by atoms with Crippen LogP contribution in [-0.4, -0.2) is 24.7 Å². The highest BCUT2D eigenvalue weighted by molar-refractivity contribution is 8.00. The summed E-state index contributed by atoms with van der Waals surface area (Å²) in [5.41, 5.74) is 2.99. The summed E-state index contributed by atoms with van der Waals surface area (Å²) in [4.78, 5) is 26.6. The van der Waals surface area contributed by atoms with Crippen LogP contribution in [0, 0.1) is 6.92 Å². The van der Waals surface area contributed by atoms with Crippen LogP contribution < -0.4 is 15.5 Å². The van der Waals surface area contributed by atoms with E-state index in [4.69, 9.17) is 11.6 Å². The van der Waals surface area contributed by atoms with Gasteiger partial charge in [0.2, 0.25) is 5.91 Å². The number of hydrogen-bond acceptors (Lipinski definition) is 3. The van der Waals surface area contributed by atoms with E-state index in [2.05, 4.69) is 10.6 Å². The second-order valence-corrected chi connectivity index (χ2v) is 6.92. The van der Waals surface area contributed by atoms with Crippen LogP contribution in [-0.2, 0) is 4.79 Å². The van der Waals surface area contributed by atoms with Crippen LogP contribution in [0.3, 0.4) is 0 Å². The topological polar surface area (TPSA) is 61.4 Å². The summed E-state index contributed by atoms with van der Waals surface area (Å²) in [6.45, 7) is 1.89. The molecule has 0 bridgehead atoms. The van der Waals surface area contributed by atoms with Crippen molar-refractivity contribution < 1.29 is 9.59 Å². The van der Waals surface area contributed by atoms with Gasteiger partial charge in [-0.1, -0.05) is 17.7 Å². The van der Waals surface area contributed by atoms with Crippen molar-refractivity contribution in [1.29, 1.82) is 0 Å². The first-order chi connectivity index (χ1) is 11.4. The summed E-state index contributed by atoms with van der Waals surface area (Å²) in [5.74, 6) is 0.480. The first kappa shape index (κ1) is 16.7. The molecular weight excluding hydrogens is 346 g/mol. The number of carbonyl (C=O) groups is 2. The molecule has 0 atom stereocenters. The molecule has 3 amide bonds. The standard InChI is InChI=1S/C17H16ClN3O2S/c1-10-3-4-11(18)7-13(10)20-17(23)19-12-5-6-15-14(8-12)21(2)16(22)9-24-15/h3-8H,9H2,1-2H3,(H2,19,20,23). The minimum Gasteiger partial charge on any atom is -0.314 e. The van der Waals surface area contributed by atoms with E-state index < -0.39 is 0 Å². The molecule has 2 aromatic rings. The SMILES string of the molecule is Cc1ccc(Cl)cc1NC(=O)Nc1ccc2c(c1)N(C)C(=O)CS2. The van der Waals surface area contributed by atoms with E-state index >= 15 is 0 Å². The molecule has 24 heavy (non-hydrogen) atoms. The number of urea groups is 1. The lowest BCUT2D eigenvalue weighted by Crippen LogP contribution is -2.31. The number of hydrogen-bond donors (Lipinski definition) is 2. The molecule has 2 aromatic carbocycles. The Morgan fingerprint density at radius 1 is 1.21 bits per heavy atom. The number of thioether (sulfide) groups is 1. The van der Waals surface area contributed by atoms with Gasteiger partial charge in [-0.15, -0.1) is 11.8 Å². The molecule has 0 fully saturated rings. The van der Waals surface area contributed by atoms with Crippen LogP contribution >= 0.6 is 23.4 Å². The van der Waals surface area contributed by atoms with Gasteiger partial charge in [-0.3, -0.25) is 4.79 Å². The van der Waals surface area contributed by atoms with E-state index in [1.807, 2.05) is 25.1 Å². The third-order valence-electron chi connectivity index (χ3n) is 3.75. The quantitative estimate of drug-likeness (QED) is 0.835. The van der Waals surface area contributed by atoms with Crippen LogP contribution in [0.5, 0.6) is 0 Å². The second-order valence-electron chi connectivity index (χ2n) is 5.46. The highest BCUT2D eigenvalue weighted by atomic mass is 35.5. The number of halogens is 1. The predicted octanol–water partition coefficient (Wildman–Crippen LogP) is 4.36. The number of rotatable bonds is 2. The van der Waals surface area contributed by atoms with Crippen molar-refractivity contribution in [1.82, 2.24) is 0 Å². The summed E-state index contributed by atoms with van der Waals surface area (Å²) in [6.07, 6.45) is 0. The molecule has 0 unspecified atom stereocenters. The number of nitrogens with zero attached hydrogens (tertiary/aromatic N) is 1. The van der Waals surface area contributed by atoms with Crippen molar-refractivity contribution in [3.8, 4) is 0 Å². The molecule has 1 heterocycles. The highest BCUT2D eigenvalue weighted by Gasteiger charge is 2.21. The Morgan fingerprint density at radius 3 is 2.79 bits per heavy atom. The van der Waals surface area contributed by atoms with Gasteiger partial charge in [-0.05, 0) is 42.8 Å². The molecule has 1 aliphatic heterocycles. The van der Waals surface area contributed by atoms with Crippen molar-refractivity contribution in [3.63, 3.8) is 0 Å². The van der Waals surface area contributed by atoms with Crippen molar-refractivity contribution in [2.24, 2.45) is 0 Å². The number of carbonyl (C=O) groups excluding carboxylic acids is 2. The van der Waals surface area contributed by atoms with Gasteiger partial charge in [-0.2, -0.15) is 0 Å². The first-order valence-corrected chi connectivity index (χ1v) is 8.68. The summed E-state index contributed by atoms with van der Waals surface area (Å²) in [5, 5.41) is 6.12. The number of nitrogens with one attached hydrogen (secondary N) is 2. The lowest BCUT2D eigenvalue weighted by molar-refractivity contribution is -0.116. The number of anilines is 3. The number of amides is 3. The number of fused-ring (bicyclic) bond motifs is 1. The van der Waals surface area contributed by atoms with Crippen molar-refractivity contribution in [3.05, 3.63) is 47.0 Å². The van der Waals surface area contributed by atoms with E-state index in [-0.39, 0.29) is 11.9 Å². The van der Waals surface area contributed by atoms with Gasteiger partial charge < -0.3 is 15.5 Å². The molecule has 0 saturated carbocycles. The predicted molar refractivity (Wildman–Crippen MR) is 99.4 cm³/mol. The van der Waals surface area contributed by atoms with Gasteiger partial charge in [0.15, 0.2) is 0 Å². The zero-order valence-electron chi connectivity index (χ0n) is 13.2. The summed E-state index contributed by atoms with van der Waals surface area (Å²) in [7, 11) is 1.74. The van der Waals surface area contributed by atoms with Crippen LogP contribution in [0.15, 0.2) is 41.3 Å². The molecule has 124 valence electrons. The Morgan fingerprint density at radius 2 is 2.00 bits per heavy atom. The minimum atomic E-state index is -0.363. The lowest BCUT2D eigenvalue weighted by atomic mass is 10.2. The van der Waals surface area contributed by atoms with Crippen LogP contribution in [0.2, 0.25) is 5.02 Å². The molecule has 3 rings (SSSR count). The summed E-state index contributed by atoms with van der Waals surface area (Å²) >= 11 is 7.46. The van der Waals surface area contributed by atoms with Gasteiger partial charge in [0.25, 0.3) is 0 Å². The minimum absolute atomic E-state index is 0.0450. The van der Waals surface area contributed by atoms with E-state index in [1.54, 1.807) is 30.1 Å². The Balaban J connectivity index is 1.75. The highest BCUT2D eigenvalue weighted by Crippen LogP contribution is 2.36. The number of benzene rings is 2. The van der Waals surface area contributed by atoms with Crippen LogP contribution in [0.4, 0.5) is 21.9 Å². The molecule has 2 N–H and O–H groups in total. The van der Waals surface area contributed by atoms with Crippen molar-refractivity contribution >= 4 is 52.4 Å². The van der Waals surface area contributed by atoms with Crippen molar-refractivity contribution in [2.75, 3.05) is 28.3 Å². The fourth-order valence-electron chi connectivity index (χ4n) is 2.36. The van der Waals surface area contributed by atoms with E-state index in [0.717, 1.165) is 16.1 Å². The fraction of sp³-hybridized carbons (Fsp3) is 0.176. The maximum Gasteiger partial charge on any atom is 0.323 e. The molecule has 0 saturated heterocycles. The zero-order valence-corrected chi connectivity index (χ0v) is 14.8. The normalized spacial score (nSPS) is 13.5. The first-order valence-electron chi connectivity index (χ1n) is 7.31. The Labute approximate surface area is 149 Å². The maximum atomic E-state index is 12.2. The molecule has 0 spiro atoms. The summed E-state index contributed by atoms with van der Waals surface area (Å²) < 4.78 is 0. The third kappa shape index (κ3) is 3.49. The Hall–Kier alpha value is -2.18. The molecule has 0 aromatic heterocycles. The molecule has 1 aliphatic rings. The van der Waals surface area contributed by atoms with Gasteiger partial charge in [0, 0.05) is 28.3 Å². The van der Waals surface area contributed by atoms with Gasteiger partial charge >= 0.3 is 6.03 Å². The van der Waals surface area contributed by atoms with Gasteiger partial charge in [0.05, 0.1) is 11.4 Å². The molecule has 0 radical (unpaired) electrons. The fourth-order valence-corrected chi connectivity index (χ4v) is 3.52. The van der Waals surface area contributed by atoms with Crippen molar-refractivity contribution in [2.45, 2.75) is 11.8 Å². The molecule has 7 heteroatoms. The Bertz CT molecular complexity index is 825. The van der Waals surface area contributed by atoms with E-state index in [0.29, 0.717) is 22.2 Å². The third-order valence-corrected chi connectivity index (χ3v) is 5.03. The van der Waals surface area contributed by atoms with E-state index in [9.17, 15) is 9.59 Å². The van der Waals surface area contributed by atoms with Crippen LogP contribution in [0.25, 0.3) is 0 Å². The van der Waals surface area contributed by atoms with E-state index in [1.165, 1.54) is 11.8 Å².